The van der Waals surface area contributed by atoms with Gasteiger partial charge < -0.3 is 19.9 Å². The van der Waals surface area contributed by atoms with Gasteiger partial charge in [-0.05, 0) is 68.3 Å². The Morgan fingerprint density at radius 1 is 1.00 bits per heavy atom. The van der Waals surface area contributed by atoms with Crippen molar-refractivity contribution in [2.24, 2.45) is 0 Å². The molecule has 5 nitrogen and oxygen atoms in total. The molecule has 1 aliphatic heterocycles. The van der Waals surface area contributed by atoms with Crippen LogP contribution in [0.15, 0.2) is 42.5 Å². The zero-order valence-corrected chi connectivity index (χ0v) is 15.8. The molecule has 2 amide bonds. The molecule has 0 unspecified atom stereocenters. The second-order valence-electron chi connectivity index (χ2n) is 6.71. The molecule has 2 aromatic carbocycles. The fraction of sp³-hybridized carbons (Fsp3) is 0.381. The molecule has 1 aliphatic rings. The van der Waals surface area contributed by atoms with E-state index in [4.69, 9.17) is 4.74 Å². The van der Waals surface area contributed by atoms with Crippen molar-refractivity contribution in [1.82, 2.24) is 4.90 Å². The zero-order valence-electron chi connectivity index (χ0n) is 15.8. The van der Waals surface area contributed by atoms with Crippen molar-refractivity contribution in [2.45, 2.75) is 20.8 Å². The first kappa shape index (κ1) is 18.1. The van der Waals surface area contributed by atoms with Crippen LogP contribution >= 0.6 is 0 Å². The third kappa shape index (κ3) is 4.48. The van der Waals surface area contributed by atoms with E-state index < -0.39 is 0 Å². The molecule has 0 aliphatic carbocycles. The van der Waals surface area contributed by atoms with E-state index in [1.807, 2.05) is 36.1 Å². The number of anilines is 2. The molecule has 2 aromatic rings. The Hall–Kier alpha value is -2.69. The van der Waals surface area contributed by atoms with Crippen LogP contribution in [0.1, 0.15) is 18.1 Å². The number of hydrogen-bond acceptors (Lipinski definition) is 3. The van der Waals surface area contributed by atoms with Gasteiger partial charge in [0.1, 0.15) is 5.75 Å². The monoisotopic (exact) mass is 353 g/mol. The SMILES string of the molecule is CCOc1ccc(NC(=O)N2CCN(c3cc(C)cc(C)c3)CC2)cc1. The number of ether oxygens (including phenoxy) is 1. The summed E-state index contributed by atoms with van der Waals surface area (Å²) in [6.45, 7) is 9.96. The summed E-state index contributed by atoms with van der Waals surface area (Å²) in [4.78, 5) is 16.7. The molecule has 26 heavy (non-hydrogen) atoms. The average Bonchev–Trinajstić information content (AvgIpc) is 2.63. The molecule has 5 heteroatoms. The minimum atomic E-state index is -0.0470. The maximum absolute atomic E-state index is 12.5. The van der Waals surface area contributed by atoms with Gasteiger partial charge in [0.25, 0.3) is 0 Å². The van der Waals surface area contributed by atoms with E-state index in [2.05, 4.69) is 42.3 Å². The average molecular weight is 353 g/mol. The highest BCUT2D eigenvalue weighted by molar-refractivity contribution is 5.89. The number of nitrogens with zero attached hydrogens (tertiary/aromatic N) is 2. The second kappa shape index (κ2) is 8.13. The number of carbonyl (C=O) groups is 1. The molecule has 1 fully saturated rings. The van der Waals surface area contributed by atoms with Gasteiger partial charge in [-0.1, -0.05) is 6.07 Å². The van der Waals surface area contributed by atoms with Gasteiger partial charge in [0, 0.05) is 37.6 Å². The summed E-state index contributed by atoms with van der Waals surface area (Å²) in [5.41, 5.74) is 4.58. The maximum Gasteiger partial charge on any atom is 0.321 e. The highest BCUT2D eigenvalue weighted by Gasteiger charge is 2.21. The number of aryl methyl sites for hydroxylation is 2. The lowest BCUT2D eigenvalue weighted by molar-refractivity contribution is 0.208. The number of amides is 2. The van der Waals surface area contributed by atoms with Crippen LogP contribution in [-0.4, -0.2) is 43.7 Å². The van der Waals surface area contributed by atoms with Gasteiger partial charge in [-0.3, -0.25) is 0 Å². The quantitative estimate of drug-likeness (QED) is 0.902. The Bertz CT molecular complexity index is 730. The lowest BCUT2D eigenvalue weighted by atomic mass is 10.1. The van der Waals surface area contributed by atoms with Crippen molar-refractivity contribution in [3.63, 3.8) is 0 Å². The van der Waals surface area contributed by atoms with Crippen LogP contribution < -0.4 is 15.0 Å². The summed E-state index contributed by atoms with van der Waals surface area (Å²) >= 11 is 0. The van der Waals surface area contributed by atoms with Gasteiger partial charge in [0.15, 0.2) is 0 Å². The van der Waals surface area contributed by atoms with Gasteiger partial charge in [-0.25, -0.2) is 4.79 Å². The summed E-state index contributed by atoms with van der Waals surface area (Å²) < 4.78 is 5.42. The van der Waals surface area contributed by atoms with Crippen molar-refractivity contribution in [3.8, 4) is 5.75 Å². The van der Waals surface area contributed by atoms with E-state index in [0.717, 1.165) is 37.6 Å². The van der Waals surface area contributed by atoms with Crippen LogP contribution in [0, 0.1) is 13.8 Å². The first-order valence-electron chi connectivity index (χ1n) is 9.17. The van der Waals surface area contributed by atoms with Gasteiger partial charge in [-0.15, -0.1) is 0 Å². The summed E-state index contributed by atoms with van der Waals surface area (Å²) in [5, 5.41) is 2.97. The number of piperazine rings is 1. The molecule has 138 valence electrons. The first-order chi connectivity index (χ1) is 12.5. The molecule has 0 aromatic heterocycles. The minimum absolute atomic E-state index is 0.0470. The molecule has 0 radical (unpaired) electrons. The number of urea groups is 1. The third-order valence-corrected chi connectivity index (χ3v) is 4.56. The third-order valence-electron chi connectivity index (χ3n) is 4.56. The number of hydrogen-bond donors (Lipinski definition) is 1. The number of benzene rings is 2. The summed E-state index contributed by atoms with van der Waals surface area (Å²) in [6.07, 6.45) is 0. The highest BCUT2D eigenvalue weighted by Crippen LogP contribution is 2.21. The largest absolute Gasteiger partial charge is 0.494 e. The molecule has 0 saturated carbocycles. The fourth-order valence-corrected chi connectivity index (χ4v) is 3.30. The summed E-state index contributed by atoms with van der Waals surface area (Å²) in [6, 6.07) is 14.0. The predicted molar refractivity (Wildman–Crippen MR) is 106 cm³/mol. The number of nitrogens with one attached hydrogen (secondary N) is 1. The number of rotatable bonds is 4. The van der Waals surface area contributed by atoms with Crippen molar-refractivity contribution < 1.29 is 9.53 Å². The van der Waals surface area contributed by atoms with E-state index in [1.165, 1.54) is 16.8 Å². The zero-order chi connectivity index (χ0) is 18.5. The van der Waals surface area contributed by atoms with Crippen LogP contribution in [0.3, 0.4) is 0 Å². The normalized spacial score (nSPS) is 14.3. The molecule has 1 saturated heterocycles. The van der Waals surface area contributed by atoms with Crippen LogP contribution in [-0.2, 0) is 0 Å². The van der Waals surface area contributed by atoms with E-state index in [1.54, 1.807) is 0 Å². The van der Waals surface area contributed by atoms with Crippen LogP contribution in [0.25, 0.3) is 0 Å². The lowest BCUT2D eigenvalue weighted by Gasteiger charge is -2.36. The van der Waals surface area contributed by atoms with Gasteiger partial charge in [-0.2, -0.15) is 0 Å². The van der Waals surface area contributed by atoms with Crippen LogP contribution in [0.2, 0.25) is 0 Å². The first-order valence-corrected chi connectivity index (χ1v) is 9.17. The molecule has 0 bridgehead atoms. The van der Waals surface area contributed by atoms with Crippen LogP contribution in [0.5, 0.6) is 5.75 Å². The predicted octanol–water partition coefficient (Wildman–Crippen LogP) is 4.06. The molecule has 1 heterocycles. The molecular formula is C21H27N3O2. The molecular weight excluding hydrogens is 326 g/mol. The van der Waals surface area contributed by atoms with Crippen molar-refractivity contribution >= 4 is 17.4 Å². The summed E-state index contributed by atoms with van der Waals surface area (Å²) in [5.74, 6) is 0.813. The van der Waals surface area contributed by atoms with Crippen LogP contribution in [0.4, 0.5) is 16.2 Å². The second-order valence-corrected chi connectivity index (χ2v) is 6.71. The topological polar surface area (TPSA) is 44.8 Å². The van der Waals surface area contributed by atoms with Crippen molar-refractivity contribution in [1.29, 1.82) is 0 Å². The highest BCUT2D eigenvalue weighted by atomic mass is 16.5. The Balaban J connectivity index is 1.54. The molecule has 0 spiro atoms. The van der Waals surface area contributed by atoms with Crippen molar-refractivity contribution in [3.05, 3.63) is 53.6 Å². The van der Waals surface area contributed by atoms with E-state index in [0.29, 0.717) is 6.61 Å². The summed E-state index contributed by atoms with van der Waals surface area (Å²) in [7, 11) is 0. The number of carbonyl (C=O) groups excluding carboxylic acids is 1. The standard InChI is InChI=1S/C21H27N3O2/c1-4-26-20-7-5-18(6-8-20)22-21(25)24-11-9-23(10-12-24)19-14-16(2)13-17(3)15-19/h5-8,13-15H,4,9-12H2,1-3H3,(H,22,25). The van der Waals surface area contributed by atoms with E-state index in [9.17, 15) is 4.79 Å². The Labute approximate surface area is 155 Å². The smallest absolute Gasteiger partial charge is 0.321 e. The molecule has 0 atom stereocenters. The lowest BCUT2D eigenvalue weighted by Crippen LogP contribution is -2.50. The van der Waals surface area contributed by atoms with Crippen molar-refractivity contribution in [2.75, 3.05) is 43.0 Å². The molecule has 1 N–H and O–H groups in total. The van der Waals surface area contributed by atoms with E-state index in [-0.39, 0.29) is 6.03 Å². The fourth-order valence-electron chi connectivity index (χ4n) is 3.30. The van der Waals surface area contributed by atoms with E-state index >= 15 is 0 Å². The molecule has 3 rings (SSSR count). The van der Waals surface area contributed by atoms with Gasteiger partial charge >= 0.3 is 6.03 Å². The van der Waals surface area contributed by atoms with Gasteiger partial charge in [0.2, 0.25) is 0 Å². The maximum atomic E-state index is 12.5. The Kier molecular flexibility index (Phi) is 5.66. The van der Waals surface area contributed by atoms with Gasteiger partial charge in [0.05, 0.1) is 6.61 Å². The Morgan fingerprint density at radius 2 is 1.62 bits per heavy atom. The minimum Gasteiger partial charge on any atom is -0.494 e. The Morgan fingerprint density at radius 3 is 2.19 bits per heavy atom.